The Kier molecular flexibility index (Phi) is 3.85. The molecule has 110 valence electrons. The van der Waals surface area contributed by atoms with Gasteiger partial charge in [0.15, 0.2) is 21.3 Å². The summed E-state index contributed by atoms with van der Waals surface area (Å²) in [6.45, 7) is 1.66. The molecule has 0 spiro atoms. The maximum Gasteiger partial charge on any atom is 0.179 e. The zero-order valence-electron chi connectivity index (χ0n) is 11.3. The molecule has 0 atom stereocenters. The molecule has 3 rings (SSSR count). The quantitative estimate of drug-likeness (QED) is 0.889. The smallest absolute Gasteiger partial charge is 0.179 e. The molecule has 0 aromatic heterocycles. The number of hydrogen-bond acceptors (Lipinski definition) is 5. The van der Waals surface area contributed by atoms with Crippen molar-refractivity contribution in [2.24, 2.45) is 0 Å². The molecule has 0 bridgehead atoms. The molecule has 0 saturated heterocycles. The summed E-state index contributed by atoms with van der Waals surface area (Å²) in [6.07, 6.45) is 3.12. The highest BCUT2D eigenvalue weighted by Gasteiger charge is 2.23. The van der Waals surface area contributed by atoms with E-state index in [0.717, 1.165) is 19.3 Å². The van der Waals surface area contributed by atoms with E-state index in [1.165, 1.54) is 0 Å². The first-order valence-corrected chi connectivity index (χ1v) is 8.66. The van der Waals surface area contributed by atoms with Crippen LogP contribution in [-0.4, -0.2) is 40.0 Å². The molecular formula is C14H19NO4S. The molecule has 1 aromatic rings. The maximum absolute atomic E-state index is 12.3. The van der Waals surface area contributed by atoms with Crippen LogP contribution in [0.1, 0.15) is 19.3 Å². The predicted molar refractivity (Wildman–Crippen MR) is 75.1 cm³/mol. The zero-order valence-corrected chi connectivity index (χ0v) is 12.1. The van der Waals surface area contributed by atoms with Crippen molar-refractivity contribution >= 4 is 9.84 Å². The van der Waals surface area contributed by atoms with Gasteiger partial charge >= 0.3 is 0 Å². The largest absolute Gasteiger partial charge is 0.490 e. The summed E-state index contributed by atoms with van der Waals surface area (Å²) in [5.41, 5.74) is 0. The Hall–Kier alpha value is -1.27. The van der Waals surface area contributed by atoms with Crippen molar-refractivity contribution in [3.8, 4) is 11.5 Å². The molecular weight excluding hydrogens is 278 g/mol. The van der Waals surface area contributed by atoms with Crippen LogP contribution < -0.4 is 14.8 Å². The van der Waals surface area contributed by atoms with Crippen LogP contribution >= 0.6 is 0 Å². The second kappa shape index (κ2) is 5.61. The molecule has 2 aliphatic rings. The van der Waals surface area contributed by atoms with Gasteiger partial charge in [-0.1, -0.05) is 0 Å². The lowest BCUT2D eigenvalue weighted by Crippen LogP contribution is -2.24. The zero-order chi connectivity index (χ0) is 14.0. The fraction of sp³-hybridized carbons (Fsp3) is 0.571. The lowest BCUT2D eigenvalue weighted by molar-refractivity contribution is 0.297. The van der Waals surface area contributed by atoms with Gasteiger partial charge in [-0.15, -0.1) is 0 Å². The first kappa shape index (κ1) is 13.7. The summed E-state index contributed by atoms with van der Waals surface area (Å²) >= 11 is 0. The summed E-state index contributed by atoms with van der Waals surface area (Å²) in [4.78, 5) is 0.305. The molecule has 1 fully saturated rings. The second-order valence-corrected chi connectivity index (χ2v) is 7.32. The standard InChI is InChI=1S/C14H19NO4S/c16-20(17,9-6-15-11-2-3-11)12-4-5-13-14(10-12)19-8-1-7-18-13/h4-5,10-11,15H,1-3,6-9H2. The van der Waals surface area contributed by atoms with E-state index in [1.54, 1.807) is 18.2 Å². The third-order valence-electron chi connectivity index (χ3n) is 3.46. The van der Waals surface area contributed by atoms with E-state index in [9.17, 15) is 8.42 Å². The van der Waals surface area contributed by atoms with E-state index in [2.05, 4.69) is 5.32 Å². The molecule has 0 amide bonds. The fourth-order valence-electron chi connectivity index (χ4n) is 2.14. The molecule has 6 heteroatoms. The Morgan fingerprint density at radius 2 is 1.90 bits per heavy atom. The van der Waals surface area contributed by atoms with Crippen molar-refractivity contribution in [1.82, 2.24) is 5.32 Å². The SMILES string of the molecule is O=S(=O)(CCNC1CC1)c1ccc2c(c1)OCCCO2. The molecule has 1 N–H and O–H groups in total. The van der Waals surface area contributed by atoms with E-state index in [1.807, 2.05) is 0 Å². The van der Waals surface area contributed by atoms with E-state index in [-0.39, 0.29) is 5.75 Å². The van der Waals surface area contributed by atoms with Crippen LogP contribution in [0, 0.1) is 0 Å². The topological polar surface area (TPSA) is 64.6 Å². The highest BCUT2D eigenvalue weighted by molar-refractivity contribution is 7.91. The van der Waals surface area contributed by atoms with E-state index in [4.69, 9.17) is 9.47 Å². The number of rotatable bonds is 5. The highest BCUT2D eigenvalue weighted by atomic mass is 32.2. The number of sulfone groups is 1. The molecule has 1 saturated carbocycles. The molecule has 1 aromatic carbocycles. The van der Waals surface area contributed by atoms with Gasteiger partial charge in [-0.3, -0.25) is 0 Å². The van der Waals surface area contributed by atoms with Gasteiger partial charge in [0, 0.05) is 25.1 Å². The van der Waals surface area contributed by atoms with Gasteiger partial charge in [-0.25, -0.2) is 8.42 Å². The summed E-state index contributed by atoms with van der Waals surface area (Å²) in [7, 11) is -3.27. The van der Waals surface area contributed by atoms with E-state index >= 15 is 0 Å². The van der Waals surface area contributed by atoms with E-state index in [0.29, 0.717) is 42.2 Å². The van der Waals surface area contributed by atoms with Gasteiger partial charge in [-0.2, -0.15) is 0 Å². The van der Waals surface area contributed by atoms with Crippen LogP contribution in [0.2, 0.25) is 0 Å². The van der Waals surface area contributed by atoms with Crippen molar-refractivity contribution in [3.63, 3.8) is 0 Å². The third kappa shape index (κ3) is 3.24. The van der Waals surface area contributed by atoms with Crippen LogP contribution in [0.3, 0.4) is 0 Å². The molecule has 1 heterocycles. The lowest BCUT2D eigenvalue weighted by Gasteiger charge is -2.10. The highest BCUT2D eigenvalue weighted by Crippen LogP contribution is 2.32. The second-order valence-electron chi connectivity index (χ2n) is 5.21. The maximum atomic E-state index is 12.3. The molecule has 20 heavy (non-hydrogen) atoms. The monoisotopic (exact) mass is 297 g/mol. The van der Waals surface area contributed by atoms with Gasteiger partial charge in [0.1, 0.15) is 0 Å². The van der Waals surface area contributed by atoms with Gasteiger partial charge in [0.25, 0.3) is 0 Å². The van der Waals surface area contributed by atoms with Gasteiger partial charge in [-0.05, 0) is 25.0 Å². The van der Waals surface area contributed by atoms with Crippen LogP contribution in [0.15, 0.2) is 23.1 Å². The number of nitrogens with one attached hydrogen (secondary N) is 1. The Morgan fingerprint density at radius 1 is 1.15 bits per heavy atom. The summed E-state index contributed by atoms with van der Waals surface area (Å²) in [5.74, 6) is 1.26. The van der Waals surface area contributed by atoms with Crippen LogP contribution in [0.25, 0.3) is 0 Å². The number of ether oxygens (including phenoxy) is 2. The van der Waals surface area contributed by atoms with Crippen LogP contribution in [-0.2, 0) is 9.84 Å². The lowest BCUT2D eigenvalue weighted by atomic mass is 10.3. The molecule has 1 aliphatic carbocycles. The van der Waals surface area contributed by atoms with Crippen molar-refractivity contribution in [1.29, 1.82) is 0 Å². The Bertz CT molecular complexity index is 581. The third-order valence-corrected chi connectivity index (χ3v) is 5.17. The number of benzene rings is 1. The van der Waals surface area contributed by atoms with Crippen molar-refractivity contribution in [3.05, 3.63) is 18.2 Å². The first-order chi connectivity index (χ1) is 9.65. The molecule has 0 radical (unpaired) electrons. The average molecular weight is 297 g/mol. The van der Waals surface area contributed by atoms with Crippen molar-refractivity contribution in [2.45, 2.75) is 30.2 Å². The van der Waals surface area contributed by atoms with Gasteiger partial charge in [0.2, 0.25) is 0 Å². The van der Waals surface area contributed by atoms with Crippen LogP contribution in [0.4, 0.5) is 0 Å². The molecule has 1 aliphatic heterocycles. The van der Waals surface area contributed by atoms with E-state index < -0.39 is 9.84 Å². The number of fused-ring (bicyclic) bond motifs is 1. The van der Waals surface area contributed by atoms with Gasteiger partial charge in [0.05, 0.1) is 23.9 Å². The number of hydrogen-bond donors (Lipinski definition) is 1. The average Bonchev–Trinajstić information content (AvgIpc) is 3.23. The van der Waals surface area contributed by atoms with Crippen molar-refractivity contribution in [2.75, 3.05) is 25.5 Å². The van der Waals surface area contributed by atoms with Crippen molar-refractivity contribution < 1.29 is 17.9 Å². The summed E-state index contributed by atoms with van der Waals surface area (Å²) in [5, 5.41) is 3.22. The Balaban J connectivity index is 1.72. The Labute approximate surface area is 119 Å². The molecule has 5 nitrogen and oxygen atoms in total. The van der Waals surface area contributed by atoms with Crippen LogP contribution in [0.5, 0.6) is 11.5 Å². The minimum atomic E-state index is -3.27. The molecule has 0 unspecified atom stereocenters. The minimum Gasteiger partial charge on any atom is -0.490 e. The first-order valence-electron chi connectivity index (χ1n) is 7.01. The Morgan fingerprint density at radius 3 is 2.65 bits per heavy atom. The summed E-state index contributed by atoms with van der Waals surface area (Å²) in [6, 6.07) is 5.38. The minimum absolute atomic E-state index is 0.114. The fourth-order valence-corrected chi connectivity index (χ4v) is 3.32. The van der Waals surface area contributed by atoms with Gasteiger partial charge < -0.3 is 14.8 Å². The predicted octanol–water partition coefficient (Wildman–Crippen LogP) is 1.37. The normalized spacial score (nSPS) is 18.6. The summed E-state index contributed by atoms with van der Waals surface area (Å²) < 4.78 is 35.6.